The molecule has 0 bridgehead atoms. The number of rotatable bonds is 4. The maximum Gasteiger partial charge on any atom is 0.410 e. The van der Waals surface area contributed by atoms with E-state index in [1.165, 1.54) is 0 Å². The number of pyridine rings is 1. The predicted molar refractivity (Wildman–Crippen MR) is 101 cm³/mol. The molecule has 1 fully saturated rings. The van der Waals surface area contributed by atoms with Crippen molar-refractivity contribution in [1.82, 2.24) is 14.8 Å². The van der Waals surface area contributed by atoms with E-state index in [4.69, 9.17) is 21.1 Å². The van der Waals surface area contributed by atoms with Crippen molar-refractivity contribution in [2.24, 2.45) is 0 Å². The van der Waals surface area contributed by atoms with Gasteiger partial charge in [0.15, 0.2) is 0 Å². The fourth-order valence-electron chi connectivity index (χ4n) is 2.78. The van der Waals surface area contributed by atoms with Crippen LogP contribution in [0.1, 0.15) is 32.4 Å². The Balaban J connectivity index is 2.21. The van der Waals surface area contributed by atoms with Crippen LogP contribution in [0.25, 0.3) is 0 Å². The highest BCUT2D eigenvalue weighted by Gasteiger charge is 2.33. The molecule has 0 saturated carbocycles. The Morgan fingerprint density at radius 3 is 2.72 bits per heavy atom. The van der Waals surface area contributed by atoms with E-state index in [0.29, 0.717) is 29.5 Å². The number of ether oxygens (including phenoxy) is 2. The lowest BCUT2D eigenvalue weighted by atomic mass is 10.0. The summed E-state index contributed by atoms with van der Waals surface area (Å²) in [6.45, 7) is 8.92. The minimum Gasteiger partial charge on any atom is -0.444 e. The van der Waals surface area contributed by atoms with Crippen molar-refractivity contribution >= 4 is 33.6 Å². The normalized spacial score (nSPS) is 19.1. The fraction of sp³-hybridized carbons (Fsp3) is 0.647. The van der Waals surface area contributed by atoms with E-state index in [1.807, 2.05) is 32.9 Å². The van der Waals surface area contributed by atoms with Crippen LogP contribution in [-0.4, -0.2) is 66.4 Å². The molecule has 0 aromatic carbocycles. The van der Waals surface area contributed by atoms with Gasteiger partial charge in [0.1, 0.15) is 15.4 Å². The molecule has 6 nitrogen and oxygen atoms in total. The quantitative estimate of drug-likeness (QED) is 0.676. The van der Waals surface area contributed by atoms with Crippen LogP contribution in [0.5, 0.6) is 0 Å². The Kier molecular flexibility index (Phi) is 7.08. The van der Waals surface area contributed by atoms with E-state index >= 15 is 0 Å². The number of aromatic nitrogens is 1. The first kappa shape index (κ1) is 20.4. The van der Waals surface area contributed by atoms with Gasteiger partial charge < -0.3 is 14.4 Å². The topological polar surface area (TPSA) is 54.9 Å². The molecule has 1 aromatic rings. The van der Waals surface area contributed by atoms with Gasteiger partial charge in [-0.05, 0) is 54.4 Å². The highest BCUT2D eigenvalue weighted by atomic mass is 79.9. The number of nitrogens with zero attached hydrogens (tertiary/aromatic N) is 3. The second kappa shape index (κ2) is 8.66. The highest BCUT2D eigenvalue weighted by Crippen LogP contribution is 2.29. The van der Waals surface area contributed by atoms with E-state index < -0.39 is 5.60 Å². The summed E-state index contributed by atoms with van der Waals surface area (Å²) >= 11 is 9.51. The molecule has 140 valence electrons. The summed E-state index contributed by atoms with van der Waals surface area (Å²) in [7, 11) is 1.69. The van der Waals surface area contributed by atoms with E-state index in [1.54, 1.807) is 12.0 Å². The van der Waals surface area contributed by atoms with E-state index in [0.717, 1.165) is 18.7 Å². The number of hydrogen-bond donors (Lipinski definition) is 0. The van der Waals surface area contributed by atoms with Crippen LogP contribution in [-0.2, 0) is 9.47 Å². The van der Waals surface area contributed by atoms with Gasteiger partial charge in [0, 0.05) is 33.3 Å². The molecule has 0 aliphatic carbocycles. The van der Waals surface area contributed by atoms with Crippen LogP contribution in [0, 0.1) is 0 Å². The van der Waals surface area contributed by atoms with Crippen molar-refractivity contribution in [3.8, 4) is 0 Å². The van der Waals surface area contributed by atoms with Crippen molar-refractivity contribution in [1.29, 1.82) is 0 Å². The monoisotopic (exact) mass is 433 g/mol. The Morgan fingerprint density at radius 1 is 1.40 bits per heavy atom. The maximum absolute atomic E-state index is 12.5. The van der Waals surface area contributed by atoms with Gasteiger partial charge in [0.25, 0.3) is 0 Å². The lowest BCUT2D eigenvalue weighted by Crippen LogP contribution is -2.52. The van der Waals surface area contributed by atoms with E-state index in [9.17, 15) is 4.79 Å². The average molecular weight is 435 g/mol. The first-order valence-corrected chi connectivity index (χ1v) is 9.40. The van der Waals surface area contributed by atoms with Crippen LogP contribution < -0.4 is 0 Å². The minimum atomic E-state index is -0.511. The summed E-state index contributed by atoms with van der Waals surface area (Å²) in [6, 6.07) is 3.79. The van der Waals surface area contributed by atoms with Gasteiger partial charge in [0.2, 0.25) is 0 Å². The third-order valence-corrected chi connectivity index (χ3v) is 4.50. The molecule has 0 spiro atoms. The summed E-state index contributed by atoms with van der Waals surface area (Å²) < 4.78 is 11.4. The van der Waals surface area contributed by atoms with Crippen LogP contribution in [0.3, 0.4) is 0 Å². The smallest absolute Gasteiger partial charge is 0.410 e. The van der Waals surface area contributed by atoms with Crippen LogP contribution in [0.4, 0.5) is 4.79 Å². The zero-order valence-corrected chi connectivity index (χ0v) is 17.4. The number of piperazine rings is 1. The molecular formula is C17H25BrClN3O3. The number of methoxy groups -OCH3 is 1. The van der Waals surface area contributed by atoms with Gasteiger partial charge in [-0.15, -0.1) is 0 Å². The molecule has 1 amide bonds. The van der Waals surface area contributed by atoms with Crippen molar-refractivity contribution in [2.75, 3.05) is 39.9 Å². The molecule has 1 aliphatic rings. The molecule has 2 heterocycles. The molecule has 0 radical (unpaired) electrons. The van der Waals surface area contributed by atoms with Crippen molar-refractivity contribution in [3.63, 3.8) is 0 Å². The Morgan fingerprint density at radius 2 is 2.12 bits per heavy atom. The van der Waals surface area contributed by atoms with Gasteiger partial charge in [-0.2, -0.15) is 0 Å². The average Bonchev–Trinajstić information content (AvgIpc) is 2.50. The molecule has 1 aliphatic heterocycles. The fourth-order valence-corrected chi connectivity index (χ4v) is 3.56. The standard InChI is InChI=1S/C17H25BrClN3O3/c1-17(2,3)25-16(23)22-6-5-21(7-8-24-4)13(11-22)12-9-14(18)20-15(19)10-12/h9-10,13H,5-8,11H2,1-4H3. The second-order valence-electron chi connectivity index (χ2n) is 7.02. The molecule has 25 heavy (non-hydrogen) atoms. The number of carbonyl (C=O) groups excluding carboxylic acids is 1. The van der Waals surface area contributed by atoms with Crippen molar-refractivity contribution in [3.05, 3.63) is 27.5 Å². The van der Waals surface area contributed by atoms with E-state index in [-0.39, 0.29) is 12.1 Å². The van der Waals surface area contributed by atoms with Gasteiger partial charge in [-0.3, -0.25) is 4.90 Å². The second-order valence-corrected chi connectivity index (χ2v) is 8.22. The zero-order valence-electron chi connectivity index (χ0n) is 15.1. The Labute approximate surface area is 162 Å². The molecule has 1 saturated heterocycles. The number of halogens is 2. The Bertz CT molecular complexity index is 589. The molecule has 2 rings (SSSR count). The molecule has 1 aromatic heterocycles. The third kappa shape index (κ3) is 6.09. The van der Waals surface area contributed by atoms with Crippen LogP contribution in [0.15, 0.2) is 16.7 Å². The lowest BCUT2D eigenvalue weighted by molar-refractivity contribution is -0.000218. The summed E-state index contributed by atoms with van der Waals surface area (Å²) in [5, 5.41) is 0.422. The summed E-state index contributed by atoms with van der Waals surface area (Å²) in [5.41, 5.74) is 0.499. The molecule has 0 N–H and O–H groups in total. The number of hydrogen-bond acceptors (Lipinski definition) is 5. The van der Waals surface area contributed by atoms with Gasteiger partial charge in [0.05, 0.1) is 12.6 Å². The summed E-state index contributed by atoms with van der Waals surface area (Å²) in [4.78, 5) is 20.7. The first-order chi connectivity index (χ1) is 11.7. The van der Waals surface area contributed by atoms with E-state index in [2.05, 4.69) is 25.8 Å². The maximum atomic E-state index is 12.5. The number of amides is 1. The van der Waals surface area contributed by atoms with Crippen molar-refractivity contribution < 1.29 is 14.3 Å². The van der Waals surface area contributed by atoms with Gasteiger partial charge in [-0.25, -0.2) is 9.78 Å². The SMILES string of the molecule is COCCN1CCN(C(=O)OC(C)(C)C)CC1c1cc(Cl)nc(Br)c1. The number of carbonyl (C=O) groups is 1. The third-order valence-electron chi connectivity index (χ3n) is 3.90. The van der Waals surface area contributed by atoms with Gasteiger partial charge >= 0.3 is 6.09 Å². The highest BCUT2D eigenvalue weighted by molar-refractivity contribution is 9.10. The molecule has 1 unspecified atom stereocenters. The lowest BCUT2D eigenvalue weighted by Gasteiger charge is -2.41. The van der Waals surface area contributed by atoms with Crippen molar-refractivity contribution in [2.45, 2.75) is 32.4 Å². The minimum absolute atomic E-state index is 0.00761. The Hall–Kier alpha value is -0.890. The zero-order chi connectivity index (χ0) is 18.6. The largest absolute Gasteiger partial charge is 0.444 e. The molecular weight excluding hydrogens is 410 g/mol. The summed E-state index contributed by atoms with van der Waals surface area (Å²) in [6.07, 6.45) is -0.289. The van der Waals surface area contributed by atoms with Crippen LogP contribution >= 0.6 is 27.5 Å². The van der Waals surface area contributed by atoms with Gasteiger partial charge in [-0.1, -0.05) is 11.6 Å². The summed E-state index contributed by atoms with van der Waals surface area (Å²) in [5.74, 6) is 0. The molecule has 1 atom stereocenters. The molecule has 8 heteroatoms. The van der Waals surface area contributed by atoms with Crippen LogP contribution in [0.2, 0.25) is 5.15 Å². The predicted octanol–water partition coefficient (Wildman–Crippen LogP) is 3.74. The first-order valence-electron chi connectivity index (χ1n) is 8.23.